The number of aromatic nitrogens is 1. The van der Waals surface area contributed by atoms with Crippen molar-refractivity contribution in [2.24, 2.45) is 0 Å². The maximum atomic E-state index is 3.48. The van der Waals surface area contributed by atoms with Gasteiger partial charge in [-0.05, 0) is 0 Å². The molecule has 0 aliphatic rings. The molecule has 14 heavy (non-hydrogen) atoms. The molecule has 3 aromatic rings. The van der Waals surface area contributed by atoms with E-state index in [0.29, 0.717) is 0 Å². The van der Waals surface area contributed by atoms with Gasteiger partial charge < -0.3 is 0 Å². The summed E-state index contributed by atoms with van der Waals surface area (Å²) in [7, 11) is 0. The van der Waals surface area contributed by atoms with Gasteiger partial charge in [-0.3, -0.25) is 0 Å². The van der Waals surface area contributed by atoms with Crippen LogP contribution in [-0.4, -0.2) is 29.4 Å². The third kappa shape index (κ3) is 1.10. The Morgan fingerprint density at radius 1 is 0.857 bits per heavy atom. The molecule has 0 unspecified atom stereocenters. The molecule has 0 atom stereocenters. The van der Waals surface area contributed by atoms with Crippen molar-refractivity contribution in [3.8, 4) is 0 Å². The summed E-state index contributed by atoms with van der Waals surface area (Å²) in [5.74, 6) is 0. The van der Waals surface area contributed by atoms with E-state index in [0.717, 1.165) is 24.4 Å². The zero-order valence-corrected chi connectivity index (χ0v) is 10.9. The molecule has 0 amide bonds. The van der Waals surface area contributed by atoms with Gasteiger partial charge in [0.2, 0.25) is 0 Å². The van der Waals surface area contributed by atoms with E-state index >= 15 is 0 Å². The van der Waals surface area contributed by atoms with Gasteiger partial charge in [0.1, 0.15) is 0 Å². The second kappa shape index (κ2) is 3.06. The molecule has 2 heteroatoms. The second-order valence-electron chi connectivity index (χ2n) is 3.44. The van der Waals surface area contributed by atoms with E-state index in [1.165, 1.54) is 25.1 Å². The predicted octanol–water partition coefficient (Wildman–Crippen LogP) is 2.11. The Kier molecular flexibility index (Phi) is 1.84. The van der Waals surface area contributed by atoms with Crippen LogP contribution in [0.15, 0.2) is 42.5 Å². The Balaban J connectivity index is 2.63. The predicted molar refractivity (Wildman–Crippen MR) is 61.2 cm³/mol. The first-order valence-electron chi connectivity index (χ1n) is 4.61. The van der Waals surface area contributed by atoms with Gasteiger partial charge in [0.15, 0.2) is 0 Å². The van der Waals surface area contributed by atoms with Gasteiger partial charge in [-0.25, -0.2) is 0 Å². The second-order valence-corrected chi connectivity index (χ2v) is 5.22. The molecule has 0 aliphatic heterocycles. The first-order valence-corrected chi connectivity index (χ1v) is 6.26. The van der Waals surface area contributed by atoms with Crippen molar-refractivity contribution in [3.05, 3.63) is 42.5 Å². The summed E-state index contributed by atoms with van der Waals surface area (Å²) in [6.07, 6.45) is 0. The number of rotatable bonds is 0. The number of hydrogen-bond donors (Lipinski definition) is 1. The summed E-state index contributed by atoms with van der Waals surface area (Å²) >= 11 is 1.16. The van der Waals surface area contributed by atoms with Crippen molar-refractivity contribution in [2.45, 2.75) is 0 Å². The molecule has 3 rings (SSSR count). The first kappa shape index (κ1) is 8.42. The molecule has 1 N–H and O–H groups in total. The Labute approximate surface area is 96.7 Å². The van der Waals surface area contributed by atoms with Crippen molar-refractivity contribution in [3.63, 3.8) is 0 Å². The number of benzene rings is 2. The molecule has 1 nitrogen and oxygen atoms in total. The molecule has 0 bridgehead atoms. The number of para-hydroxylation sites is 2. The van der Waals surface area contributed by atoms with E-state index in [9.17, 15) is 0 Å². The van der Waals surface area contributed by atoms with Gasteiger partial charge >= 0.3 is 96.9 Å². The molecular weight excluding hydrogens is 273 g/mol. The van der Waals surface area contributed by atoms with E-state index in [1.807, 2.05) is 0 Å². The van der Waals surface area contributed by atoms with E-state index in [1.54, 1.807) is 0 Å². The molecule has 0 saturated heterocycles. The minimum absolute atomic E-state index is 1.16. The standard InChI is InChI=1S/C12H8N.In/c1-3-7-11-9(5-1)10-6-2-4-8-12(10)13-11;/h1-7,13H;. The Bertz CT molecular complexity index is 610. The molecule has 0 saturated carbocycles. The Morgan fingerprint density at radius 3 is 2.57 bits per heavy atom. The van der Waals surface area contributed by atoms with Gasteiger partial charge in [-0.15, -0.1) is 0 Å². The molecule has 1 heterocycles. The van der Waals surface area contributed by atoms with Crippen LogP contribution >= 0.6 is 0 Å². The van der Waals surface area contributed by atoms with Gasteiger partial charge in [0, 0.05) is 0 Å². The Hall–Kier alpha value is -0.890. The monoisotopic (exact) mass is 281 g/mol. The van der Waals surface area contributed by atoms with Gasteiger partial charge in [0.25, 0.3) is 0 Å². The van der Waals surface area contributed by atoms with Crippen molar-refractivity contribution in [1.82, 2.24) is 4.98 Å². The van der Waals surface area contributed by atoms with Gasteiger partial charge in [-0.1, -0.05) is 0 Å². The van der Waals surface area contributed by atoms with Crippen LogP contribution in [0.3, 0.4) is 0 Å². The molecule has 2 radical (unpaired) electrons. The normalized spacial score (nSPS) is 11.1. The van der Waals surface area contributed by atoms with Crippen molar-refractivity contribution in [1.29, 1.82) is 0 Å². The third-order valence-corrected chi connectivity index (χ3v) is 3.95. The number of nitrogens with one attached hydrogen (secondary N) is 1. The zero-order valence-electron chi connectivity index (χ0n) is 7.62. The fraction of sp³-hybridized carbons (Fsp3) is 0. The molecule has 64 valence electrons. The van der Waals surface area contributed by atoms with Crippen LogP contribution in [0.5, 0.6) is 0 Å². The van der Waals surface area contributed by atoms with Crippen LogP contribution in [-0.2, 0) is 0 Å². The van der Waals surface area contributed by atoms with Crippen molar-refractivity contribution >= 4 is 49.5 Å². The minimum atomic E-state index is 1.16. The van der Waals surface area contributed by atoms with Crippen LogP contribution in [0.25, 0.3) is 21.8 Å². The molecule has 2 aromatic carbocycles. The SMILES string of the molecule is [In][c]1cccc2c1[nH]c1ccccc12. The maximum absolute atomic E-state index is 3.48. The van der Waals surface area contributed by atoms with Crippen molar-refractivity contribution in [2.75, 3.05) is 0 Å². The molecule has 0 spiro atoms. The summed E-state index contributed by atoms with van der Waals surface area (Å²) < 4.78 is 1.43. The zero-order chi connectivity index (χ0) is 9.54. The number of fused-ring (bicyclic) bond motifs is 3. The average molecular weight is 281 g/mol. The summed E-state index contributed by atoms with van der Waals surface area (Å²) in [4.78, 5) is 3.48. The van der Waals surface area contributed by atoms with Crippen molar-refractivity contribution < 1.29 is 0 Å². The van der Waals surface area contributed by atoms with E-state index in [4.69, 9.17) is 0 Å². The van der Waals surface area contributed by atoms with Crippen LogP contribution in [0, 0.1) is 0 Å². The number of H-pyrrole nitrogens is 1. The van der Waals surface area contributed by atoms with Crippen LogP contribution in [0.1, 0.15) is 0 Å². The van der Waals surface area contributed by atoms with E-state index in [-0.39, 0.29) is 0 Å². The van der Waals surface area contributed by atoms with Gasteiger partial charge in [0.05, 0.1) is 0 Å². The van der Waals surface area contributed by atoms with E-state index < -0.39 is 0 Å². The quantitative estimate of drug-likeness (QED) is 0.649. The molecular formula is C12H8InN. The number of aromatic amines is 1. The van der Waals surface area contributed by atoms with Gasteiger partial charge in [-0.2, -0.15) is 0 Å². The fourth-order valence-corrected chi connectivity index (χ4v) is 2.86. The van der Waals surface area contributed by atoms with E-state index in [2.05, 4.69) is 47.4 Å². The summed E-state index contributed by atoms with van der Waals surface area (Å²) in [6.45, 7) is 0. The molecule has 0 aliphatic carbocycles. The third-order valence-electron chi connectivity index (χ3n) is 2.57. The first-order chi connectivity index (χ1) is 6.86. The van der Waals surface area contributed by atoms with Crippen LogP contribution in [0.4, 0.5) is 0 Å². The topological polar surface area (TPSA) is 15.8 Å². The number of hydrogen-bond acceptors (Lipinski definition) is 0. The molecule has 0 fully saturated rings. The molecule has 1 aromatic heterocycles. The summed E-state index contributed by atoms with van der Waals surface area (Å²) in [6, 6.07) is 15.0. The summed E-state index contributed by atoms with van der Waals surface area (Å²) in [5, 5.41) is 2.68. The fourth-order valence-electron chi connectivity index (χ4n) is 1.90. The average Bonchev–Trinajstić information content (AvgIpc) is 2.59. The Morgan fingerprint density at radius 2 is 1.64 bits per heavy atom. The van der Waals surface area contributed by atoms with Crippen LogP contribution in [0.2, 0.25) is 0 Å². The van der Waals surface area contributed by atoms with Crippen LogP contribution < -0.4 is 3.32 Å². The summed E-state index contributed by atoms with van der Waals surface area (Å²) in [5.41, 5.74) is 2.56.